The van der Waals surface area contributed by atoms with Gasteiger partial charge in [-0.2, -0.15) is 0 Å². The fraction of sp³-hybridized carbons (Fsp3) is 0.280. The molecule has 0 saturated heterocycles. The number of amides is 2. The third-order valence-electron chi connectivity index (χ3n) is 5.57. The van der Waals surface area contributed by atoms with Gasteiger partial charge in [0.2, 0.25) is 5.91 Å². The van der Waals surface area contributed by atoms with Crippen molar-refractivity contribution in [2.75, 3.05) is 18.5 Å². The molecule has 0 radical (unpaired) electrons. The zero-order valence-corrected chi connectivity index (χ0v) is 19.0. The van der Waals surface area contributed by atoms with Crippen molar-refractivity contribution in [1.29, 1.82) is 0 Å². The minimum absolute atomic E-state index is 0.151. The molecular weight excluding hydrogens is 439 g/mol. The number of carbonyl (C=O) groups is 2. The maximum Gasteiger partial charge on any atom is 0.410 e. The molecule has 0 aliphatic carbocycles. The molecule has 2 aromatic carbocycles. The molecule has 1 aliphatic rings. The second-order valence-corrected chi connectivity index (χ2v) is 8.05. The Morgan fingerprint density at radius 2 is 1.94 bits per heavy atom. The number of benzene rings is 2. The second kappa shape index (κ2) is 9.86. The molecule has 4 rings (SSSR count). The lowest BCUT2D eigenvalue weighted by Gasteiger charge is -2.28. The first-order chi connectivity index (χ1) is 16.4. The number of hydrogen-bond donors (Lipinski definition) is 1. The Balaban J connectivity index is 1.71. The van der Waals surface area contributed by atoms with Crippen molar-refractivity contribution in [3.63, 3.8) is 0 Å². The van der Waals surface area contributed by atoms with Crippen molar-refractivity contribution in [2.24, 2.45) is 0 Å². The number of rotatable bonds is 5. The highest BCUT2D eigenvalue weighted by atomic mass is 19.1. The summed E-state index contributed by atoms with van der Waals surface area (Å²) in [6.45, 7) is 4.12. The lowest BCUT2D eigenvalue weighted by Crippen LogP contribution is -2.42. The summed E-state index contributed by atoms with van der Waals surface area (Å²) in [4.78, 5) is 44.7. The van der Waals surface area contributed by atoms with Gasteiger partial charge in [-0.05, 0) is 38.5 Å². The van der Waals surface area contributed by atoms with E-state index in [1.165, 1.54) is 27.7 Å². The average Bonchev–Trinajstić information content (AvgIpc) is 2.81. The van der Waals surface area contributed by atoms with Crippen molar-refractivity contribution < 1.29 is 18.7 Å². The summed E-state index contributed by atoms with van der Waals surface area (Å²) >= 11 is 0. The molecule has 34 heavy (non-hydrogen) atoms. The number of nitrogens with one attached hydrogen (secondary N) is 1. The van der Waals surface area contributed by atoms with Gasteiger partial charge in [0.25, 0.3) is 5.56 Å². The van der Waals surface area contributed by atoms with E-state index < -0.39 is 17.8 Å². The highest BCUT2D eigenvalue weighted by molar-refractivity contribution is 5.90. The molecule has 1 aliphatic heterocycles. The Labute approximate surface area is 196 Å². The van der Waals surface area contributed by atoms with Crippen molar-refractivity contribution in [2.45, 2.75) is 33.4 Å². The monoisotopic (exact) mass is 464 g/mol. The summed E-state index contributed by atoms with van der Waals surface area (Å²) in [6, 6.07) is 13.0. The maximum absolute atomic E-state index is 13.5. The average molecular weight is 464 g/mol. The Morgan fingerprint density at radius 3 is 2.65 bits per heavy atom. The first-order valence-corrected chi connectivity index (χ1v) is 11.0. The highest BCUT2D eigenvalue weighted by Gasteiger charge is 2.27. The van der Waals surface area contributed by atoms with Crippen LogP contribution in [-0.2, 0) is 29.0 Å². The summed E-state index contributed by atoms with van der Waals surface area (Å²) in [5.74, 6) is -0.632. The number of anilines is 1. The molecule has 0 bridgehead atoms. The molecule has 9 heteroatoms. The molecule has 0 atom stereocenters. The van der Waals surface area contributed by atoms with Crippen LogP contribution in [0.15, 0.2) is 53.3 Å². The Morgan fingerprint density at radius 1 is 1.18 bits per heavy atom. The van der Waals surface area contributed by atoms with Crippen LogP contribution in [0.3, 0.4) is 0 Å². The summed E-state index contributed by atoms with van der Waals surface area (Å²) in [5.41, 5.74) is 2.62. The van der Waals surface area contributed by atoms with Crippen molar-refractivity contribution in [3.05, 3.63) is 81.5 Å². The van der Waals surface area contributed by atoms with Crippen LogP contribution >= 0.6 is 0 Å². The molecule has 2 amide bonds. The van der Waals surface area contributed by atoms with Crippen LogP contribution in [0.4, 0.5) is 14.9 Å². The van der Waals surface area contributed by atoms with E-state index in [0.717, 1.165) is 5.56 Å². The molecular formula is C25H25FN4O4. The number of fused-ring (bicyclic) bond motifs is 1. The topological polar surface area (TPSA) is 93.5 Å². The minimum Gasteiger partial charge on any atom is -0.450 e. The van der Waals surface area contributed by atoms with Gasteiger partial charge in [0.1, 0.15) is 18.2 Å². The van der Waals surface area contributed by atoms with E-state index in [1.54, 1.807) is 13.0 Å². The number of nitrogens with zero attached hydrogens (tertiary/aromatic N) is 3. The van der Waals surface area contributed by atoms with Gasteiger partial charge in [-0.15, -0.1) is 0 Å². The molecule has 8 nitrogen and oxygen atoms in total. The van der Waals surface area contributed by atoms with Gasteiger partial charge in [0, 0.05) is 23.4 Å². The molecule has 0 spiro atoms. The van der Waals surface area contributed by atoms with Crippen molar-refractivity contribution >= 4 is 17.7 Å². The van der Waals surface area contributed by atoms with Crippen LogP contribution in [0.2, 0.25) is 0 Å². The maximum atomic E-state index is 13.5. The molecule has 176 valence electrons. The van der Waals surface area contributed by atoms with Crippen molar-refractivity contribution in [1.82, 2.24) is 14.5 Å². The predicted octanol–water partition coefficient (Wildman–Crippen LogP) is 3.51. The van der Waals surface area contributed by atoms with Gasteiger partial charge in [-0.1, -0.05) is 35.9 Å². The third-order valence-corrected chi connectivity index (χ3v) is 5.57. The SMILES string of the molecule is CCOC(=O)N1CCc2c(nc(-c3ccc(C)cc3)n(CC(=O)Nc3cccc(F)c3)c2=O)C1. The summed E-state index contributed by atoms with van der Waals surface area (Å²) in [7, 11) is 0. The Kier molecular flexibility index (Phi) is 6.72. The van der Waals surface area contributed by atoms with Crippen LogP contribution in [0.25, 0.3) is 11.4 Å². The number of aromatic nitrogens is 2. The van der Waals surface area contributed by atoms with Crippen LogP contribution < -0.4 is 10.9 Å². The number of halogens is 1. The molecule has 0 saturated carbocycles. The smallest absolute Gasteiger partial charge is 0.410 e. The zero-order chi connectivity index (χ0) is 24.2. The number of hydrogen-bond acceptors (Lipinski definition) is 5. The van der Waals surface area contributed by atoms with E-state index in [4.69, 9.17) is 9.72 Å². The quantitative estimate of drug-likeness (QED) is 0.624. The standard InChI is InChI=1S/C25H25FN4O4/c1-3-34-25(33)29-12-11-20-21(14-29)28-23(17-9-7-16(2)8-10-17)30(24(20)32)15-22(31)27-19-6-4-5-18(26)13-19/h4-10,13H,3,11-12,14-15H2,1-2H3,(H,27,31). The largest absolute Gasteiger partial charge is 0.450 e. The molecule has 2 heterocycles. The van der Waals surface area contributed by atoms with E-state index in [1.807, 2.05) is 31.2 Å². The lowest BCUT2D eigenvalue weighted by molar-refractivity contribution is -0.116. The zero-order valence-electron chi connectivity index (χ0n) is 19.0. The normalized spacial score (nSPS) is 12.7. The lowest BCUT2D eigenvalue weighted by atomic mass is 10.1. The molecule has 0 unspecified atom stereocenters. The molecule has 1 N–H and O–H groups in total. The number of carbonyl (C=O) groups excluding carboxylic acids is 2. The van der Waals surface area contributed by atoms with E-state index in [-0.39, 0.29) is 25.3 Å². The van der Waals surface area contributed by atoms with E-state index >= 15 is 0 Å². The first kappa shape index (κ1) is 23.2. The fourth-order valence-electron chi connectivity index (χ4n) is 3.88. The second-order valence-electron chi connectivity index (χ2n) is 8.05. The predicted molar refractivity (Wildman–Crippen MR) is 125 cm³/mol. The Bertz CT molecular complexity index is 1290. The van der Waals surface area contributed by atoms with Gasteiger partial charge in [-0.25, -0.2) is 14.2 Å². The fourth-order valence-corrected chi connectivity index (χ4v) is 3.88. The minimum atomic E-state index is -0.480. The number of aryl methyl sites for hydroxylation is 1. The van der Waals surface area contributed by atoms with Crippen molar-refractivity contribution in [3.8, 4) is 11.4 Å². The van der Waals surface area contributed by atoms with E-state index in [0.29, 0.717) is 41.3 Å². The molecule has 0 fully saturated rings. The third kappa shape index (κ3) is 4.98. The van der Waals surface area contributed by atoms with E-state index in [9.17, 15) is 18.8 Å². The Hall–Kier alpha value is -4.01. The van der Waals surface area contributed by atoms with Crippen LogP contribution in [0, 0.1) is 12.7 Å². The van der Waals surface area contributed by atoms with Crippen LogP contribution in [0.1, 0.15) is 23.7 Å². The number of ether oxygens (including phenoxy) is 1. The van der Waals surface area contributed by atoms with E-state index in [2.05, 4.69) is 5.32 Å². The highest BCUT2D eigenvalue weighted by Crippen LogP contribution is 2.22. The summed E-state index contributed by atoms with van der Waals surface area (Å²) in [5, 5.41) is 2.63. The first-order valence-electron chi connectivity index (χ1n) is 11.0. The van der Waals surface area contributed by atoms with Gasteiger partial charge in [0.05, 0.1) is 18.8 Å². The summed E-state index contributed by atoms with van der Waals surface area (Å²) < 4.78 is 19.9. The van der Waals surface area contributed by atoms with Crippen LogP contribution in [-0.4, -0.2) is 39.6 Å². The van der Waals surface area contributed by atoms with Gasteiger partial charge in [0.15, 0.2) is 0 Å². The molecule has 3 aromatic rings. The molecule has 1 aromatic heterocycles. The van der Waals surface area contributed by atoms with Gasteiger partial charge in [-0.3, -0.25) is 14.2 Å². The summed E-state index contributed by atoms with van der Waals surface area (Å²) in [6.07, 6.45) is -0.148. The van der Waals surface area contributed by atoms with Gasteiger partial charge < -0.3 is 15.0 Å². The van der Waals surface area contributed by atoms with Crippen LogP contribution in [0.5, 0.6) is 0 Å². The van der Waals surface area contributed by atoms with Gasteiger partial charge >= 0.3 is 6.09 Å².